The van der Waals surface area contributed by atoms with Crippen molar-refractivity contribution in [2.24, 2.45) is 9.98 Å². The summed E-state index contributed by atoms with van der Waals surface area (Å²) in [5.74, 6) is 1.65. The maximum atomic E-state index is 9.49. The van der Waals surface area contributed by atoms with E-state index < -0.39 is 0 Å². The Bertz CT molecular complexity index is 470. The first-order valence-electron chi connectivity index (χ1n) is 6.10. The third-order valence-corrected chi connectivity index (χ3v) is 2.77. The Kier molecular flexibility index (Phi) is 6.02. The Labute approximate surface area is 114 Å². The van der Waals surface area contributed by atoms with Gasteiger partial charge in [-0.05, 0) is 19.1 Å². The van der Waals surface area contributed by atoms with Crippen LogP contribution in [0.3, 0.4) is 0 Å². The Balaban J connectivity index is 2.87. The maximum Gasteiger partial charge on any atom is 0.156 e. The van der Waals surface area contributed by atoms with Crippen LogP contribution in [0.25, 0.3) is 0 Å². The average molecular weight is 263 g/mol. The maximum absolute atomic E-state index is 9.49. The molecule has 0 aliphatic carbocycles. The summed E-state index contributed by atoms with van der Waals surface area (Å²) in [6.07, 6.45) is 0. The summed E-state index contributed by atoms with van der Waals surface area (Å²) in [7, 11) is 5.31. The predicted octanol–water partition coefficient (Wildman–Crippen LogP) is 1.77. The van der Waals surface area contributed by atoms with Crippen LogP contribution < -0.4 is 0 Å². The van der Waals surface area contributed by atoms with Crippen molar-refractivity contribution < 1.29 is 9.84 Å². The lowest BCUT2D eigenvalue weighted by Crippen LogP contribution is -2.28. The number of phenolic OH excluding ortho intramolecular Hbond substituents is 1. The predicted molar refractivity (Wildman–Crippen MR) is 78.2 cm³/mol. The highest BCUT2D eigenvalue weighted by atomic mass is 16.5. The first-order valence-corrected chi connectivity index (χ1v) is 6.10. The molecule has 104 valence electrons. The molecule has 0 saturated carbocycles. The second-order valence-electron chi connectivity index (χ2n) is 4.17. The molecule has 5 nitrogen and oxygen atoms in total. The fourth-order valence-corrected chi connectivity index (χ4v) is 1.52. The molecule has 0 fully saturated rings. The molecule has 0 radical (unpaired) electrons. The number of aliphatic imine (C=N–C) groups is 2. The fourth-order valence-electron chi connectivity index (χ4n) is 1.52. The van der Waals surface area contributed by atoms with Gasteiger partial charge in [0.2, 0.25) is 0 Å². The van der Waals surface area contributed by atoms with E-state index in [1.54, 1.807) is 32.4 Å². The van der Waals surface area contributed by atoms with Gasteiger partial charge in [-0.2, -0.15) is 0 Å². The van der Waals surface area contributed by atoms with E-state index in [1.807, 2.05) is 24.9 Å². The first kappa shape index (κ1) is 15.2. The summed E-state index contributed by atoms with van der Waals surface area (Å²) in [6, 6.07) is 6.91. The summed E-state index contributed by atoms with van der Waals surface area (Å²) in [5.41, 5.74) is 0.794. The molecule has 0 aliphatic rings. The molecule has 0 unspecified atom stereocenters. The zero-order chi connectivity index (χ0) is 14.3. The largest absolute Gasteiger partial charge is 0.508 e. The van der Waals surface area contributed by atoms with Crippen molar-refractivity contribution in [3.63, 3.8) is 0 Å². The van der Waals surface area contributed by atoms with Gasteiger partial charge in [0.1, 0.15) is 11.6 Å². The van der Waals surface area contributed by atoms with Crippen LogP contribution in [0.15, 0.2) is 34.3 Å². The van der Waals surface area contributed by atoms with Gasteiger partial charge in [0, 0.05) is 33.3 Å². The molecular weight excluding hydrogens is 242 g/mol. The van der Waals surface area contributed by atoms with Gasteiger partial charge in [-0.25, -0.2) is 4.99 Å². The van der Waals surface area contributed by atoms with Gasteiger partial charge in [0.15, 0.2) is 5.84 Å². The van der Waals surface area contributed by atoms with E-state index in [0.717, 1.165) is 17.9 Å². The SMILES string of the molecule is CN=C(N=C(C)N(C)CCOC)c1cccc(O)c1. The minimum atomic E-state index is 0.208. The van der Waals surface area contributed by atoms with Gasteiger partial charge < -0.3 is 14.7 Å². The minimum absolute atomic E-state index is 0.208. The van der Waals surface area contributed by atoms with Crippen LogP contribution in [0.1, 0.15) is 12.5 Å². The molecule has 0 saturated heterocycles. The van der Waals surface area contributed by atoms with Gasteiger partial charge in [0.05, 0.1) is 6.61 Å². The number of nitrogens with zero attached hydrogens (tertiary/aromatic N) is 3. The normalized spacial score (nSPS) is 12.6. The summed E-state index contributed by atoms with van der Waals surface area (Å²) >= 11 is 0. The lowest BCUT2D eigenvalue weighted by molar-refractivity contribution is 0.182. The van der Waals surface area contributed by atoms with Gasteiger partial charge in [-0.3, -0.25) is 4.99 Å². The molecule has 1 aromatic carbocycles. The van der Waals surface area contributed by atoms with Crippen molar-refractivity contribution in [2.75, 3.05) is 34.4 Å². The third-order valence-electron chi connectivity index (χ3n) is 2.77. The van der Waals surface area contributed by atoms with Gasteiger partial charge >= 0.3 is 0 Å². The van der Waals surface area contributed by atoms with E-state index in [4.69, 9.17) is 4.74 Å². The second-order valence-corrected chi connectivity index (χ2v) is 4.17. The highest BCUT2D eigenvalue weighted by Gasteiger charge is 2.05. The number of likely N-dealkylation sites (N-methyl/N-ethyl adjacent to an activating group) is 1. The van der Waals surface area contributed by atoms with Crippen molar-refractivity contribution in [3.05, 3.63) is 29.8 Å². The molecule has 1 aromatic rings. The van der Waals surface area contributed by atoms with Crippen LogP contribution in [-0.4, -0.2) is 56.0 Å². The van der Waals surface area contributed by atoms with Crippen LogP contribution in [0, 0.1) is 0 Å². The van der Waals surface area contributed by atoms with E-state index in [2.05, 4.69) is 9.98 Å². The molecule has 0 heterocycles. The lowest BCUT2D eigenvalue weighted by atomic mass is 10.2. The molecule has 0 amide bonds. The number of hydrogen-bond acceptors (Lipinski definition) is 3. The third kappa shape index (κ3) is 4.71. The van der Waals surface area contributed by atoms with Crippen molar-refractivity contribution in [1.29, 1.82) is 0 Å². The number of amidine groups is 2. The van der Waals surface area contributed by atoms with E-state index in [0.29, 0.717) is 12.4 Å². The Hall–Kier alpha value is -1.88. The summed E-state index contributed by atoms with van der Waals surface area (Å²) in [6.45, 7) is 3.33. The topological polar surface area (TPSA) is 57.4 Å². The number of hydrogen-bond donors (Lipinski definition) is 1. The molecule has 1 rings (SSSR count). The quantitative estimate of drug-likeness (QED) is 0.665. The zero-order valence-corrected chi connectivity index (χ0v) is 11.9. The zero-order valence-electron chi connectivity index (χ0n) is 11.9. The van der Waals surface area contributed by atoms with Crippen molar-refractivity contribution >= 4 is 11.7 Å². The smallest absolute Gasteiger partial charge is 0.156 e. The molecule has 0 spiro atoms. The minimum Gasteiger partial charge on any atom is -0.508 e. The lowest BCUT2D eigenvalue weighted by Gasteiger charge is -2.18. The van der Waals surface area contributed by atoms with E-state index >= 15 is 0 Å². The van der Waals surface area contributed by atoms with Crippen LogP contribution in [0.4, 0.5) is 0 Å². The van der Waals surface area contributed by atoms with Crippen LogP contribution in [0.5, 0.6) is 5.75 Å². The molecule has 5 heteroatoms. The average Bonchev–Trinajstić information content (AvgIpc) is 2.41. The van der Waals surface area contributed by atoms with Gasteiger partial charge in [-0.1, -0.05) is 12.1 Å². The molecule has 1 N–H and O–H groups in total. The molecular formula is C14H21N3O2. The van der Waals surface area contributed by atoms with E-state index in [-0.39, 0.29) is 5.75 Å². The molecule has 0 aromatic heterocycles. The molecule has 0 aliphatic heterocycles. The molecule has 0 bridgehead atoms. The van der Waals surface area contributed by atoms with Crippen molar-refractivity contribution in [2.45, 2.75) is 6.92 Å². The van der Waals surface area contributed by atoms with Crippen molar-refractivity contribution in [3.8, 4) is 5.75 Å². The first-order chi connectivity index (χ1) is 9.08. The molecule has 19 heavy (non-hydrogen) atoms. The van der Waals surface area contributed by atoms with Gasteiger partial charge in [0.25, 0.3) is 0 Å². The van der Waals surface area contributed by atoms with Crippen molar-refractivity contribution in [1.82, 2.24) is 4.90 Å². The standard InChI is InChI=1S/C14H21N3O2/c1-11(17(3)8-9-19-4)16-14(15-2)12-6-5-7-13(18)10-12/h5-7,10,18H,8-9H2,1-4H3. The van der Waals surface area contributed by atoms with E-state index in [1.165, 1.54) is 0 Å². The Morgan fingerprint density at radius 2 is 2.16 bits per heavy atom. The monoisotopic (exact) mass is 263 g/mol. The number of benzene rings is 1. The number of phenols is 1. The second kappa shape index (κ2) is 7.53. The molecule has 0 atom stereocenters. The summed E-state index contributed by atoms with van der Waals surface area (Å²) < 4.78 is 5.03. The Morgan fingerprint density at radius 1 is 1.42 bits per heavy atom. The highest BCUT2D eigenvalue weighted by Crippen LogP contribution is 2.12. The number of methoxy groups -OCH3 is 1. The van der Waals surface area contributed by atoms with Crippen LogP contribution in [0.2, 0.25) is 0 Å². The van der Waals surface area contributed by atoms with Crippen LogP contribution in [-0.2, 0) is 4.74 Å². The highest BCUT2D eigenvalue weighted by molar-refractivity contribution is 6.06. The number of ether oxygens (including phenoxy) is 1. The number of aromatic hydroxyl groups is 1. The summed E-state index contributed by atoms with van der Waals surface area (Å²) in [5, 5.41) is 9.49. The Morgan fingerprint density at radius 3 is 2.74 bits per heavy atom. The fraction of sp³-hybridized carbons (Fsp3) is 0.429. The van der Waals surface area contributed by atoms with Gasteiger partial charge in [-0.15, -0.1) is 0 Å². The van der Waals surface area contributed by atoms with Crippen LogP contribution >= 0.6 is 0 Å². The summed E-state index contributed by atoms with van der Waals surface area (Å²) in [4.78, 5) is 10.6. The number of rotatable bonds is 4. The van der Waals surface area contributed by atoms with E-state index in [9.17, 15) is 5.11 Å².